The van der Waals surface area contributed by atoms with Gasteiger partial charge in [0.05, 0.1) is 12.7 Å². The summed E-state index contributed by atoms with van der Waals surface area (Å²) in [4.78, 5) is 23.6. The fraction of sp³-hybridized carbons (Fsp3) is 0.300. The Hall–Kier alpha value is -2.89. The summed E-state index contributed by atoms with van der Waals surface area (Å²) in [6, 6.07) is 10.4. The van der Waals surface area contributed by atoms with E-state index in [9.17, 15) is 19.1 Å². The van der Waals surface area contributed by atoms with Crippen LogP contribution in [-0.2, 0) is 4.79 Å². The highest BCUT2D eigenvalue weighted by Gasteiger charge is 2.30. The van der Waals surface area contributed by atoms with Gasteiger partial charge in [0, 0.05) is 0 Å². The number of carboxylic acids is 1. The van der Waals surface area contributed by atoms with Crippen molar-refractivity contribution in [1.82, 2.24) is 5.32 Å². The first kappa shape index (κ1) is 17.9. The van der Waals surface area contributed by atoms with Crippen molar-refractivity contribution < 1.29 is 23.8 Å². The summed E-state index contributed by atoms with van der Waals surface area (Å²) in [6.07, 6.45) is 2.34. The topological polar surface area (TPSA) is 75.6 Å². The highest BCUT2D eigenvalue weighted by Crippen LogP contribution is 2.33. The van der Waals surface area contributed by atoms with Gasteiger partial charge in [-0.15, -0.1) is 0 Å². The minimum atomic E-state index is -1.10. The van der Waals surface area contributed by atoms with E-state index < -0.39 is 23.7 Å². The molecule has 3 rings (SSSR count). The molecule has 6 heteroatoms. The molecule has 1 aliphatic rings. The predicted molar refractivity (Wildman–Crippen MR) is 94.6 cm³/mol. The number of methoxy groups -OCH3 is 1. The SMILES string of the molecule is COc1ccc(-c2ccc(C(=O)NC(CC3CC3)C(=O)O)c(F)c2)cc1. The molecular weight excluding hydrogens is 337 g/mol. The first-order chi connectivity index (χ1) is 12.5. The second-order valence-corrected chi connectivity index (χ2v) is 6.47. The molecule has 0 aliphatic heterocycles. The van der Waals surface area contributed by atoms with Gasteiger partial charge < -0.3 is 15.2 Å². The van der Waals surface area contributed by atoms with Crippen molar-refractivity contribution >= 4 is 11.9 Å². The van der Waals surface area contributed by atoms with Crippen LogP contribution in [0.15, 0.2) is 42.5 Å². The van der Waals surface area contributed by atoms with Crippen LogP contribution in [-0.4, -0.2) is 30.1 Å². The van der Waals surface area contributed by atoms with Crippen molar-refractivity contribution in [3.63, 3.8) is 0 Å². The average molecular weight is 357 g/mol. The van der Waals surface area contributed by atoms with Crippen LogP contribution >= 0.6 is 0 Å². The highest BCUT2D eigenvalue weighted by molar-refractivity contribution is 5.97. The fourth-order valence-electron chi connectivity index (χ4n) is 2.81. The Morgan fingerprint density at radius 2 is 1.85 bits per heavy atom. The van der Waals surface area contributed by atoms with Crippen LogP contribution in [0.1, 0.15) is 29.6 Å². The van der Waals surface area contributed by atoms with Gasteiger partial charge in [0.1, 0.15) is 17.6 Å². The van der Waals surface area contributed by atoms with Crippen molar-refractivity contribution in [3.05, 3.63) is 53.8 Å². The number of carbonyl (C=O) groups is 2. The molecule has 136 valence electrons. The van der Waals surface area contributed by atoms with Gasteiger partial charge in [0.2, 0.25) is 0 Å². The number of rotatable bonds is 7. The number of carbonyl (C=O) groups excluding carboxylic acids is 1. The largest absolute Gasteiger partial charge is 0.497 e. The lowest BCUT2D eigenvalue weighted by Gasteiger charge is -2.14. The summed E-state index contributed by atoms with van der Waals surface area (Å²) in [5, 5.41) is 11.7. The Morgan fingerprint density at radius 1 is 1.19 bits per heavy atom. The Morgan fingerprint density at radius 3 is 2.38 bits per heavy atom. The Balaban J connectivity index is 1.75. The van der Waals surface area contributed by atoms with Crippen LogP contribution in [0.2, 0.25) is 0 Å². The summed E-state index contributed by atoms with van der Waals surface area (Å²) in [5.41, 5.74) is 1.24. The molecule has 0 aromatic heterocycles. The number of hydrogen-bond donors (Lipinski definition) is 2. The van der Waals surface area contributed by atoms with Crippen molar-refractivity contribution in [2.45, 2.75) is 25.3 Å². The lowest BCUT2D eigenvalue weighted by Crippen LogP contribution is -2.41. The molecule has 5 nitrogen and oxygen atoms in total. The second kappa shape index (κ2) is 7.56. The van der Waals surface area contributed by atoms with Gasteiger partial charge in [-0.05, 0) is 47.7 Å². The quantitative estimate of drug-likeness (QED) is 0.795. The maximum atomic E-state index is 14.4. The van der Waals surface area contributed by atoms with Crippen molar-refractivity contribution in [2.75, 3.05) is 7.11 Å². The molecule has 2 N–H and O–H groups in total. The molecule has 0 spiro atoms. The third-order valence-electron chi connectivity index (χ3n) is 4.51. The van der Waals surface area contributed by atoms with Gasteiger partial charge in [0.15, 0.2) is 0 Å². The normalized spacial score (nSPS) is 14.5. The standard InChI is InChI=1S/C20H20FNO4/c1-26-15-7-4-13(5-8-15)14-6-9-16(17(21)11-14)19(23)22-18(20(24)25)10-12-2-3-12/h4-9,11-12,18H,2-3,10H2,1H3,(H,22,23)(H,24,25). The van der Waals surface area contributed by atoms with E-state index in [1.165, 1.54) is 12.1 Å². The smallest absolute Gasteiger partial charge is 0.326 e. The van der Waals surface area contributed by atoms with Gasteiger partial charge in [-0.2, -0.15) is 0 Å². The lowest BCUT2D eigenvalue weighted by atomic mass is 10.0. The predicted octanol–water partition coefficient (Wildman–Crippen LogP) is 3.48. The van der Waals surface area contributed by atoms with Crippen molar-refractivity contribution in [3.8, 4) is 16.9 Å². The molecule has 0 saturated heterocycles. The molecule has 1 aliphatic carbocycles. The monoisotopic (exact) mass is 357 g/mol. The van der Waals surface area contributed by atoms with Crippen LogP contribution in [0.4, 0.5) is 4.39 Å². The number of amides is 1. The van der Waals surface area contributed by atoms with Gasteiger partial charge in [-0.25, -0.2) is 9.18 Å². The minimum Gasteiger partial charge on any atom is -0.497 e. The minimum absolute atomic E-state index is 0.163. The third-order valence-corrected chi connectivity index (χ3v) is 4.51. The summed E-state index contributed by atoms with van der Waals surface area (Å²) >= 11 is 0. The number of aliphatic carboxylic acids is 1. The van der Waals surface area contributed by atoms with Gasteiger partial charge in [0.25, 0.3) is 5.91 Å². The van der Waals surface area contributed by atoms with E-state index in [4.69, 9.17) is 4.74 Å². The molecule has 2 aromatic rings. The van der Waals surface area contributed by atoms with Gasteiger partial charge >= 0.3 is 5.97 Å². The first-order valence-electron chi connectivity index (χ1n) is 8.45. The molecule has 2 aromatic carbocycles. The molecule has 1 atom stereocenters. The fourth-order valence-corrected chi connectivity index (χ4v) is 2.81. The van der Waals surface area contributed by atoms with E-state index in [0.29, 0.717) is 23.7 Å². The van der Waals surface area contributed by atoms with E-state index >= 15 is 0 Å². The maximum Gasteiger partial charge on any atom is 0.326 e. The molecule has 1 unspecified atom stereocenters. The zero-order valence-electron chi connectivity index (χ0n) is 14.4. The van der Waals surface area contributed by atoms with E-state index in [0.717, 1.165) is 18.4 Å². The highest BCUT2D eigenvalue weighted by atomic mass is 19.1. The van der Waals surface area contributed by atoms with E-state index in [2.05, 4.69) is 5.32 Å². The lowest BCUT2D eigenvalue weighted by molar-refractivity contribution is -0.139. The van der Waals surface area contributed by atoms with Crippen LogP contribution < -0.4 is 10.1 Å². The van der Waals surface area contributed by atoms with Crippen molar-refractivity contribution in [1.29, 1.82) is 0 Å². The van der Waals surface area contributed by atoms with Crippen LogP contribution in [0.3, 0.4) is 0 Å². The molecule has 0 radical (unpaired) electrons. The Bertz CT molecular complexity index is 815. The number of carboxylic acid groups (broad SMARTS) is 1. The van der Waals surface area contributed by atoms with E-state index in [1.54, 1.807) is 37.4 Å². The third kappa shape index (κ3) is 4.20. The van der Waals surface area contributed by atoms with Crippen LogP contribution in [0.5, 0.6) is 5.75 Å². The molecular formula is C20H20FNO4. The summed E-state index contributed by atoms with van der Waals surface area (Å²) in [6.45, 7) is 0. The van der Waals surface area contributed by atoms with E-state index in [1.807, 2.05) is 0 Å². The zero-order chi connectivity index (χ0) is 18.7. The molecule has 1 amide bonds. The van der Waals surface area contributed by atoms with Crippen LogP contribution in [0, 0.1) is 11.7 Å². The molecule has 26 heavy (non-hydrogen) atoms. The van der Waals surface area contributed by atoms with E-state index in [-0.39, 0.29) is 5.56 Å². The summed E-state index contributed by atoms with van der Waals surface area (Å²) in [5.74, 6) is -1.47. The number of ether oxygens (including phenoxy) is 1. The van der Waals surface area contributed by atoms with Crippen molar-refractivity contribution in [2.24, 2.45) is 5.92 Å². The zero-order valence-corrected chi connectivity index (χ0v) is 14.4. The van der Waals surface area contributed by atoms with Gasteiger partial charge in [-0.1, -0.05) is 31.0 Å². The summed E-state index contributed by atoms with van der Waals surface area (Å²) < 4.78 is 19.5. The Kier molecular flexibility index (Phi) is 5.21. The molecule has 0 heterocycles. The molecule has 1 fully saturated rings. The number of nitrogens with one attached hydrogen (secondary N) is 1. The van der Waals surface area contributed by atoms with Gasteiger partial charge in [-0.3, -0.25) is 4.79 Å². The maximum absolute atomic E-state index is 14.4. The summed E-state index contributed by atoms with van der Waals surface area (Å²) in [7, 11) is 1.57. The average Bonchev–Trinajstić information content (AvgIpc) is 3.45. The van der Waals surface area contributed by atoms with Crippen LogP contribution in [0.25, 0.3) is 11.1 Å². The molecule has 1 saturated carbocycles. The second-order valence-electron chi connectivity index (χ2n) is 6.47. The number of hydrogen-bond acceptors (Lipinski definition) is 3. The molecule has 0 bridgehead atoms. The number of halogens is 1. The Labute approximate surface area is 150 Å². The first-order valence-corrected chi connectivity index (χ1v) is 8.45. The number of benzene rings is 2.